The van der Waals surface area contributed by atoms with Crippen LogP contribution < -0.4 is 20.3 Å². The molecule has 4 rings (SSSR count). The third-order valence-electron chi connectivity index (χ3n) is 5.92. The quantitative estimate of drug-likeness (QED) is 0.311. The Kier molecular flexibility index (Phi) is 7.85. The van der Waals surface area contributed by atoms with Crippen molar-refractivity contribution in [1.29, 1.82) is 0 Å². The van der Waals surface area contributed by atoms with E-state index in [4.69, 9.17) is 21.7 Å². The summed E-state index contributed by atoms with van der Waals surface area (Å²) < 4.78 is 24.1. The predicted octanol–water partition coefficient (Wildman–Crippen LogP) is 5.43. The van der Waals surface area contributed by atoms with E-state index in [-0.39, 0.29) is 11.4 Å². The van der Waals surface area contributed by atoms with E-state index >= 15 is 0 Å². The third kappa shape index (κ3) is 6.01. The molecule has 2 N–H and O–H groups in total. The number of hydrogen-bond donors (Lipinski definition) is 2. The predicted molar refractivity (Wildman–Crippen MR) is 146 cm³/mol. The number of benzene rings is 3. The van der Waals surface area contributed by atoms with Crippen LogP contribution in [0.3, 0.4) is 0 Å². The molecule has 0 spiro atoms. The molecular formula is C28H28FN3O3S. The van der Waals surface area contributed by atoms with Crippen LogP contribution in [0.5, 0.6) is 11.5 Å². The number of nitrogens with zero attached hydrogens (tertiary/aromatic N) is 1. The molecule has 6 nitrogen and oxygen atoms in total. The number of hydrogen-bond acceptors (Lipinski definition) is 4. The molecule has 1 aromatic heterocycles. The van der Waals surface area contributed by atoms with E-state index < -0.39 is 0 Å². The largest absolute Gasteiger partial charge is 0.493 e. The summed E-state index contributed by atoms with van der Waals surface area (Å²) in [6.45, 7) is 2.93. The summed E-state index contributed by atoms with van der Waals surface area (Å²) in [6, 6.07) is 19.7. The number of thiocarbonyl (C=S) groups is 1. The smallest absolute Gasteiger partial charge is 0.253 e. The van der Waals surface area contributed by atoms with Crippen LogP contribution in [0.25, 0.3) is 10.9 Å². The van der Waals surface area contributed by atoms with Gasteiger partial charge in [0, 0.05) is 29.2 Å². The summed E-state index contributed by atoms with van der Waals surface area (Å²) in [5, 5.41) is 4.43. The van der Waals surface area contributed by atoms with Crippen molar-refractivity contribution in [3.05, 3.63) is 99.6 Å². The Hall–Kier alpha value is -3.91. The van der Waals surface area contributed by atoms with Gasteiger partial charge in [-0.05, 0) is 67.5 Å². The number of H-pyrrole nitrogens is 1. The van der Waals surface area contributed by atoms with Gasteiger partial charge in [0.15, 0.2) is 16.6 Å². The summed E-state index contributed by atoms with van der Waals surface area (Å²) in [6.07, 6.45) is 0.740. The summed E-state index contributed by atoms with van der Waals surface area (Å²) >= 11 is 5.71. The number of fused-ring (bicyclic) bond motifs is 1. The molecule has 0 radical (unpaired) electrons. The van der Waals surface area contributed by atoms with Crippen LogP contribution in [0, 0.1) is 12.7 Å². The molecule has 4 aromatic rings. The molecule has 1 heterocycles. The molecule has 186 valence electrons. The molecule has 36 heavy (non-hydrogen) atoms. The lowest BCUT2D eigenvalue weighted by Gasteiger charge is -2.26. The van der Waals surface area contributed by atoms with Gasteiger partial charge < -0.3 is 24.7 Å². The molecule has 0 unspecified atom stereocenters. The molecule has 0 bridgehead atoms. The molecule has 0 saturated carbocycles. The van der Waals surface area contributed by atoms with Crippen molar-refractivity contribution in [2.24, 2.45) is 0 Å². The first-order chi connectivity index (χ1) is 17.4. The number of aryl methyl sites for hydroxylation is 1. The molecule has 0 saturated heterocycles. The SMILES string of the molecule is COc1cc2cc(CN(CCc3cccc(C)c3)C(=S)Nc3ccc(F)cc3)c(=O)[nH]c2cc1OC. The van der Waals surface area contributed by atoms with Crippen molar-refractivity contribution in [3.8, 4) is 11.5 Å². The van der Waals surface area contributed by atoms with Gasteiger partial charge in [0.05, 0.1) is 26.3 Å². The zero-order valence-corrected chi connectivity index (χ0v) is 21.2. The van der Waals surface area contributed by atoms with Crippen molar-refractivity contribution >= 4 is 33.9 Å². The monoisotopic (exact) mass is 505 g/mol. The van der Waals surface area contributed by atoms with E-state index in [0.717, 1.165) is 11.8 Å². The van der Waals surface area contributed by atoms with E-state index in [1.165, 1.54) is 23.3 Å². The van der Waals surface area contributed by atoms with E-state index in [9.17, 15) is 9.18 Å². The Morgan fingerprint density at radius 1 is 1.03 bits per heavy atom. The Bertz CT molecular complexity index is 1440. The fraction of sp³-hybridized carbons (Fsp3) is 0.214. The number of methoxy groups -OCH3 is 2. The molecule has 0 amide bonds. The number of ether oxygens (including phenoxy) is 2. The van der Waals surface area contributed by atoms with Gasteiger partial charge in [-0.2, -0.15) is 0 Å². The van der Waals surface area contributed by atoms with Gasteiger partial charge >= 0.3 is 0 Å². The Morgan fingerprint density at radius 2 is 1.75 bits per heavy atom. The fourth-order valence-corrected chi connectivity index (χ4v) is 4.29. The van der Waals surface area contributed by atoms with Crippen molar-refractivity contribution in [3.63, 3.8) is 0 Å². The molecule has 0 aliphatic carbocycles. The van der Waals surface area contributed by atoms with Gasteiger partial charge in [0.1, 0.15) is 5.82 Å². The highest BCUT2D eigenvalue weighted by Crippen LogP contribution is 2.31. The van der Waals surface area contributed by atoms with Crippen molar-refractivity contribution in [2.75, 3.05) is 26.1 Å². The van der Waals surface area contributed by atoms with Crippen LogP contribution in [-0.4, -0.2) is 35.8 Å². The second kappa shape index (κ2) is 11.2. The number of pyridine rings is 1. The maximum atomic E-state index is 13.4. The Morgan fingerprint density at radius 3 is 2.44 bits per heavy atom. The molecule has 0 aliphatic heterocycles. The second-order valence-electron chi connectivity index (χ2n) is 8.52. The van der Waals surface area contributed by atoms with Gasteiger partial charge in [0.2, 0.25) is 0 Å². The summed E-state index contributed by atoms with van der Waals surface area (Å²) in [5.74, 6) is 0.795. The maximum absolute atomic E-state index is 13.4. The Labute approximate surface area is 214 Å². The van der Waals surface area contributed by atoms with Crippen LogP contribution in [0.1, 0.15) is 16.7 Å². The summed E-state index contributed by atoms with van der Waals surface area (Å²) in [4.78, 5) is 17.9. The van der Waals surface area contributed by atoms with Gasteiger partial charge in [-0.15, -0.1) is 0 Å². The van der Waals surface area contributed by atoms with Crippen LogP contribution in [0.2, 0.25) is 0 Å². The lowest BCUT2D eigenvalue weighted by Crippen LogP contribution is -2.37. The van der Waals surface area contributed by atoms with E-state index in [2.05, 4.69) is 35.4 Å². The number of aromatic amines is 1. The maximum Gasteiger partial charge on any atom is 0.253 e. The first-order valence-electron chi connectivity index (χ1n) is 11.5. The van der Waals surface area contributed by atoms with Crippen molar-refractivity contribution in [1.82, 2.24) is 9.88 Å². The molecule has 8 heteroatoms. The number of nitrogens with one attached hydrogen (secondary N) is 2. The van der Waals surface area contributed by atoms with Gasteiger partial charge in [-0.25, -0.2) is 4.39 Å². The van der Waals surface area contributed by atoms with Gasteiger partial charge in [-0.1, -0.05) is 29.8 Å². The minimum absolute atomic E-state index is 0.208. The molecular weight excluding hydrogens is 477 g/mol. The number of rotatable bonds is 8. The van der Waals surface area contributed by atoms with Gasteiger partial charge in [0.25, 0.3) is 5.56 Å². The highest BCUT2D eigenvalue weighted by molar-refractivity contribution is 7.80. The van der Waals surface area contributed by atoms with Gasteiger partial charge in [-0.3, -0.25) is 4.79 Å². The van der Waals surface area contributed by atoms with Crippen molar-refractivity contribution in [2.45, 2.75) is 19.9 Å². The minimum Gasteiger partial charge on any atom is -0.493 e. The average molecular weight is 506 g/mol. The zero-order valence-electron chi connectivity index (χ0n) is 20.4. The molecule has 0 atom stereocenters. The Balaban J connectivity index is 1.63. The first kappa shape index (κ1) is 25.2. The molecule has 3 aromatic carbocycles. The van der Waals surface area contributed by atoms with E-state index in [1.807, 2.05) is 23.1 Å². The normalized spacial score (nSPS) is 10.8. The van der Waals surface area contributed by atoms with E-state index in [1.54, 1.807) is 32.4 Å². The standard InChI is InChI=1S/C28H28FN3O3S/c1-18-5-4-6-19(13-18)11-12-32(28(36)30-23-9-7-22(29)8-10-23)17-21-14-20-15-25(34-2)26(35-3)16-24(20)31-27(21)33/h4-10,13-16H,11-12,17H2,1-3H3,(H,30,36)(H,31,33). The molecule has 0 fully saturated rings. The topological polar surface area (TPSA) is 66.6 Å². The number of aromatic nitrogens is 1. The van der Waals surface area contributed by atoms with E-state index in [0.29, 0.717) is 46.5 Å². The number of anilines is 1. The van der Waals surface area contributed by atoms with Crippen LogP contribution in [0.4, 0.5) is 10.1 Å². The zero-order chi connectivity index (χ0) is 25.7. The van der Waals surface area contributed by atoms with Crippen molar-refractivity contribution < 1.29 is 13.9 Å². The first-order valence-corrected chi connectivity index (χ1v) is 11.9. The number of halogens is 1. The fourth-order valence-electron chi connectivity index (χ4n) is 4.02. The third-order valence-corrected chi connectivity index (χ3v) is 6.28. The summed E-state index contributed by atoms with van der Waals surface area (Å²) in [5.41, 5.74) is 4.03. The highest BCUT2D eigenvalue weighted by atomic mass is 32.1. The van der Waals surface area contributed by atoms with Crippen LogP contribution in [-0.2, 0) is 13.0 Å². The highest BCUT2D eigenvalue weighted by Gasteiger charge is 2.15. The average Bonchev–Trinajstić information content (AvgIpc) is 2.87. The van der Waals surface area contributed by atoms with Crippen LogP contribution >= 0.6 is 12.2 Å². The second-order valence-corrected chi connectivity index (χ2v) is 8.90. The lowest BCUT2D eigenvalue weighted by molar-refractivity contribution is 0.355. The summed E-state index contributed by atoms with van der Waals surface area (Å²) in [7, 11) is 3.13. The lowest BCUT2D eigenvalue weighted by atomic mass is 10.1. The van der Waals surface area contributed by atoms with Crippen LogP contribution in [0.15, 0.2) is 71.5 Å². The minimum atomic E-state index is -0.322. The molecule has 0 aliphatic rings.